The minimum absolute atomic E-state index is 0.130. The van der Waals surface area contributed by atoms with Crippen LogP contribution < -0.4 is 5.32 Å². The van der Waals surface area contributed by atoms with Gasteiger partial charge in [0.1, 0.15) is 28.7 Å². The Bertz CT molecular complexity index is 691. The Morgan fingerprint density at radius 3 is 2.90 bits per heavy atom. The maximum atomic E-state index is 10.7. The lowest BCUT2D eigenvalue weighted by molar-refractivity contribution is -0.385. The average molecular weight is 289 g/mol. The van der Waals surface area contributed by atoms with Gasteiger partial charge in [-0.3, -0.25) is 10.1 Å². The molecule has 0 radical (unpaired) electrons. The molecule has 0 saturated heterocycles. The van der Waals surface area contributed by atoms with Crippen molar-refractivity contribution in [2.45, 2.75) is 19.9 Å². The van der Waals surface area contributed by atoms with E-state index in [0.717, 1.165) is 16.9 Å². The van der Waals surface area contributed by atoms with E-state index >= 15 is 0 Å². The summed E-state index contributed by atoms with van der Waals surface area (Å²) in [7, 11) is 0. The molecule has 20 heavy (non-hydrogen) atoms. The maximum Gasteiger partial charge on any atom is 0.289 e. The largest absolute Gasteiger partial charge is 0.360 e. The first-order chi connectivity index (χ1) is 9.51. The number of hydrogen-bond acceptors (Lipinski definition) is 7. The van der Waals surface area contributed by atoms with Crippen LogP contribution in [0.2, 0.25) is 0 Å². The van der Waals surface area contributed by atoms with Crippen molar-refractivity contribution in [3.05, 3.63) is 44.0 Å². The van der Waals surface area contributed by atoms with Gasteiger partial charge >= 0.3 is 0 Å². The molecular weight excluding hydrogens is 278 g/mol. The molecule has 2 aromatic rings. The van der Waals surface area contributed by atoms with Crippen LogP contribution in [0.25, 0.3) is 0 Å². The van der Waals surface area contributed by atoms with E-state index in [0.29, 0.717) is 5.82 Å². The van der Waals surface area contributed by atoms with Crippen molar-refractivity contribution in [1.29, 1.82) is 5.26 Å². The van der Waals surface area contributed by atoms with Gasteiger partial charge in [0.15, 0.2) is 0 Å². The van der Waals surface area contributed by atoms with Crippen LogP contribution in [0.5, 0.6) is 0 Å². The normalized spacial score (nSPS) is 11.7. The highest BCUT2D eigenvalue weighted by molar-refractivity contribution is 7.09. The van der Waals surface area contributed by atoms with E-state index < -0.39 is 4.92 Å². The summed E-state index contributed by atoms with van der Waals surface area (Å²) in [6, 6.07) is 2.98. The summed E-state index contributed by atoms with van der Waals surface area (Å²) in [6.45, 7) is 3.79. The van der Waals surface area contributed by atoms with Gasteiger partial charge in [0.25, 0.3) is 5.69 Å². The molecule has 8 heteroatoms. The second-order valence-corrected chi connectivity index (χ2v) is 5.04. The number of pyridine rings is 1. The molecule has 1 atom stereocenters. The lowest BCUT2D eigenvalue weighted by Gasteiger charge is -2.12. The molecule has 2 heterocycles. The first-order valence-electron chi connectivity index (χ1n) is 5.74. The molecule has 0 bridgehead atoms. The van der Waals surface area contributed by atoms with Crippen LogP contribution in [-0.4, -0.2) is 14.9 Å². The lowest BCUT2D eigenvalue weighted by Crippen LogP contribution is -2.09. The van der Waals surface area contributed by atoms with Gasteiger partial charge in [-0.05, 0) is 13.8 Å². The van der Waals surface area contributed by atoms with Crippen molar-refractivity contribution >= 4 is 22.8 Å². The van der Waals surface area contributed by atoms with Crippen molar-refractivity contribution < 1.29 is 4.92 Å². The lowest BCUT2D eigenvalue weighted by atomic mass is 10.2. The average Bonchev–Trinajstić information content (AvgIpc) is 2.85. The standard InChI is InChI=1S/C12H11N5O2S/c1-7-6-20-12(15-7)8(2)16-11-9(4-13)3-10(5-14-11)17(18)19/h3,5-6,8H,1-2H3,(H,14,16). The Morgan fingerprint density at radius 2 is 2.35 bits per heavy atom. The van der Waals surface area contributed by atoms with Crippen molar-refractivity contribution in [3.8, 4) is 6.07 Å². The minimum atomic E-state index is -0.578. The van der Waals surface area contributed by atoms with Gasteiger partial charge in [-0.15, -0.1) is 11.3 Å². The topological polar surface area (TPSA) is 105 Å². The molecule has 0 aromatic carbocycles. The fourth-order valence-corrected chi connectivity index (χ4v) is 2.40. The zero-order valence-corrected chi connectivity index (χ0v) is 11.6. The molecule has 0 spiro atoms. The number of thiazole rings is 1. The molecule has 102 valence electrons. The first-order valence-corrected chi connectivity index (χ1v) is 6.62. The van der Waals surface area contributed by atoms with Gasteiger partial charge in [0.05, 0.1) is 11.0 Å². The Hall–Kier alpha value is -2.53. The Kier molecular flexibility index (Phi) is 3.91. The number of hydrogen-bond donors (Lipinski definition) is 1. The minimum Gasteiger partial charge on any atom is -0.360 e. The molecule has 0 aliphatic rings. The number of nitro groups is 1. The Morgan fingerprint density at radius 1 is 1.60 bits per heavy atom. The van der Waals surface area contributed by atoms with Crippen LogP contribution in [0.3, 0.4) is 0 Å². The summed E-state index contributed by atoms with van der Waals surface area (Å²) < 4.78 is 0. The van der Waals surface area contributed by atoms with Crippen LogP contribution in [0.4, 0.5) is 11.5 Å². The number of anilines is 1. The maximum absolute atomic E-state index is 10.7. The monoisotopic (exact) mass is 289 g/mol. The Labute approximate surface area is 119 Å². The van der Waals surface area contributed by atoms with E-state index in [1.807, 2.05) is 25.3 Å². The highest BCUT2D eigenvalue weighted by atomic mass is 32.1. The number of nitrogens with one attached hydrogen (secondary N) is 1. The van der Waals surface area contributed by atoms with E-state index in [1.165, 1.54) is 17.4 Å². The number of aromatic nitrogens is 2. The molecule has 2 aromatic heterocycles. The molecule has 2 rings (SSSR count). The van der Waals surface area contributed by atoms with E-state index in [1.54, 1.807) is 0 Å². The zero-order valence-electron chi connectivity index (χ0n) is 10.8. The molecule has 1 unspecified atom stereocenters. The smallest absolute Gasteiger partial charge is 0.289 e. The molecule has 0 aliphatic heterocycles. The third kappa shape index (κ3) is 2.89. The van der Waals surface area contributed by atoms with Crippen LogP contribution in [-0.2, 0) is 0 Å². The Balaban J connectivity index is 2.25. The van der Waals surface area contributed by atoms with Gasteiger partial charge in [0, 0.05) is 17.1 Å². The van der Waals surface area contributed by atoms with Gasteiger partial charge in [-0.25, -0.2) is 9.97 Å². The third-order valence-corrected chi connectivity index (χ3v) is 3.71. The molecule has 1 N–H and O–H groups in total. The second-order valence-electron chi connectivity index (χ2n) is 4.15. The number of nitriles is 1. The van der Waals surface area contributed by atoms with Crippen molar-refractivity contribution in [2.24, 2.45) is 0 Å². The first kappa shape index (κ1) is 13.9. The van der Waals surface area contributed by atoms with E-state index in [9.17, 15) is 10.1 Å². The van der Waals surface area contributed by atoms with Crippen LogP contribution in [0, 0.1) is 28.4 Å². The zero-order chi connectivity index (χ0) is 14.7. The van der Waals surface area contributed by atoms with E-state index in [4.69, 9.17) is 5.26 Å². The third-order valence-electron chi connectivity index (χ3n) is 2.56. The summed E-state index contributed by atoms with van der Waals surface area (Å²) in [5.41, 5.74) is 0.861. The van der Waals surface area contributed by atoms with Gasteiger partial charge < -0.3 is 5.32 Å². The molecule has 7 nitrogen and oxygen atoms in total. The van der Waals surface area contributed by atoms with Crippen molar-refractivity contribution in [3.63, 3.8) is 0 Å². The second kappa shape index (κ2) is 5.63. The van der Waals surface area contributed by atoms with E-state index in [2.05, 4.69) is 15.3 Å². The fourth-order valence-electron chi connectivity index (χ4n) is 1.59. The van der Waals surface area contributed by atoms with Crippen LogP contribution in [0.15, 0.2) is 17.6 Å². The molecule has 0 fully saturated rings. The van der Waals surface area contributed by atoms with Crippen LogP contribution in [0.1, 0.15) is 29.2 Å². The summed E-state index contributed by atoms with van der Waals surface area (Å²) in [5, 5.41) is 25.5. The quantitative estimate of drug-likeness (QED) is 0.685. The number of nitrogens with zero attached hydrogens (tertiary/aromatic N) is 4. The van der Waals surface area contributed by atoms with E-state index in [-0.39, 0.29) is 17.3 Å². The molecule has 0 saturated carbocycles. The van der Waals surface area contributed by atoms with Gasteiger partial charge in [-0.1, -0.05) is 0 Å². The predicted molar refractivity (Wildman–Crippen MR) is 74.5 cm³/mol. The summed E-state index contributed by atoms with van der Waals surface area (Å²) in [5.74, 6) is 0.318. The molecular formula is C12H11N5O2S. The van der Waals surface area contributed by atoms with Gasteiger partial charge in [-0.2, -0.15) is 5.26 Å². The number of rotatable bonds is 4. The molecule has 0 amide bonds. The van der Waals surface area contributed by atoms with Crippen molar-refractivity contribution in [2.75, 3.05) is 5.32 Å². The highest BCUT2D eigenvalue weighted by Gasteiger charge is 2.15. The predicted octanol–water partition coefficient (Wildman–Crippen LogP) is 2.80. The van der Waals surface area contributed by atoms with Crippen molar-refractivity contribution in [1.82, 2.24) is 9.97 Å². The fraction of sp³-hybridized carbons (Fsp3) is 0.250. The van der Waals surface area contributed by atoms with Crippen LogP contribution >= 0.6 is 11.3 Å². The number of aryl methyl sites for hydroxylation is 1. The highest BCUT2D eigenvalue weighted by Crippen LogP contribution is 2.24. The molecule has 0 aliphatic carbocycles. The summed E-state index contributed by atoms with van der Waals surface area (Å²) in [6.07, 6.45) is 1.13. The SMILES string of the molecule is Cc1csc(C(C)Nc2ncc([N+](=O)[O-])cc2C#N)n1. The summed E-state index contributed by atoms with van der Waals surface area (Å²) in [4.78, 5) is 18.4. The summed E-state index contributed by atoms with van der Waals surface area (Å²) >= 11 is 1.51. The van der Waals surface area contributed by atoms with Gasteiger partial charge in [0.2, 0.25) is 0 Å².